The molecule has 0 aromatic heterocycles. The fourth-order valence-corrected chi connectivity index (χ4v) is 1.55. The number of hydrogen-bond donors (Lipinski definition) is 2. The summed E-state index contributed by atoms with van der Waals surface area (Å²) in [6.07, 6.45) is 0. The third kappa shape index (κ3) is 1.64. The van der Waals surface area contributed by atoms with Crippen molar-refractivity contribution in [1.29, 1.82) is 0 Å². The number of fused-ring (bicyclic) bond motifs is 1. The number of nitrogens with zero attached hydrogens (tertiary/aromatic N) is 1. The Bertz CT molecular complexity index is 369. The van der Waals surface area contributed by atoms with Crippen molar-refractivity contribution in [2.24, 2.45) is 11.5 Å². The number of nitrogens with two attached hydrogens (primary N) is 2. The summed E-state index contributed by atoms with van der Waals surface area (Å²) in [4.78, 5) is 0. The molecule has 1 aliphatic heterocycles. The van der Waals surface area contributed by atoms with Crippen LogP contribution >= 0.6 is 0 Å². The summed E-state index contributed by atoms with van der Waals surface area (Å²) in [7, 11) is 0. The highest BCUT2D eigenvalue weighted by Crippen LogP contribution is 2.20. The molecule has 1 heterocycles. The van der Waals surface area contributed by atoms with Gasteiger partial charge in [-0.3, -0.25) is 16.0 Å². The molecular formula is C10H14N3O+. The molecule has 4 heteroatoms. The van der Waals surface area contributed by atoms with Gasteiger partial charge in [0.2, 0.25) is 0 Å². The van der Waals surface area contributed by atoms with E-state index >= 15 is 0 Å². The molecule has 4 nitrogen and oxygen atoms in total. The third-order valence-corrected chi connectivity index (χ3v) is 2.32. The van der Waals surface area contributed by atoms with Crippen molar-refractivity contribution >= 4 is 5.96 Å². The topological polar surface area (TPSA) is 64.3 Å². The minimum Gasteiger partial charge on any atom is -0.490 e. The van der Waals surface area contributed by atoms with Crippen LogP contribution in [-0.2, 0) is 6.54 Å². The molecule has 0 unspecified atom stereocenters. The lowest BCUT2D eigenvalue weighted by atomic mass is 10.2. The maximum atomic E-state index is 5.56. The SMILES string of the molecule is NC(N)=[N+]1CCOc2ccccc2C1. The van der Waals surface area contributed by atoms with E-state index in [1.807, 2.05) is 28.8 Å². The zero-order valence-corrected chi connectivity index (χ0v) is 7.94. The quantitative estimate of drug-likeness (QED) is 0.444. The van der Waals surface area contributed by atoms with E-state index in [-0.39, 0.29) is 0 Å². The van der Waals surface area contributed by atoms with Gasteiger partial charge >= 0.3 is 5.96 Å². The van der Waals surface area contributed by atoms with E-state index < -0.39 is 0 Å². The van der Waals surface area contributed by atoms with Crippen LogP contribution in [0.3, 0.4) is 0 Å². The predicted octanol–water partition coefficient (Wildman–Crippen LogP) is -0.135. The molecule has 0 radical (unpaired) electrons. The molecule has 14 heavy (non-hydrogen) atoms. The minimum absolute atomic E-state index is 0.352. The van der Waals surface area contributed by atoms with E-state index in [9.17, 15) is 0 Å². The number of rotatable bonds is 0. The molecular weight excluding hydrogens is 178 g/mol. The van der Waals surface area contributed by atoms with E-state index in [4.69, 9.17) is 16.2 Å². The molecule has 0 saturated heterocycles. The Kier molecular flexibility index (Phi) is 2.26. The average Bonchev–Trinajstić information content (AvgIpc) is 2.39. The van der Waals surface area contributed by atoms with Gasteiger partial charge in [-0.15, -0.1) is 0 Å². The average molecular weight is 192 g/mol. The van der Waals surface area contributed by atoms with Crippen LogP contribution in [0.1, 0.15) is 5.56 Å². The summed E-state index contributed by atoms with van der Waals surface area (Å²) in [5, 5.41) is 0. The second-order valence-electron chi connectivity index (χ2n) is 3.30. The summed E-state index contributed by atoms with van der Waals surface area (Å²) in [6, 6.07) is 7.94. The lowest BCUT2D eigenvalue weighted by Gasteiger charge is -2.04. The van der Waals surface area contributed by atoms with E-state index in [2.05, 4.69) is 0 Å². The van der Waals surface area contributed by atoms with Crippen LogP contribution < -0.4 is 16.2 Å². The monoisotopic (exact) mass is 192 g/mol. The Morgan fingerprint density at radius 3 is 2.86 bits per heavy atom. The molecule has 0 aliphatic carbocycles. The van der Waals surface area contributed by atoms with Gasteiger partial charge in [-0.1, -0.05) is 18.2 Å². The van der Waals surface area contributed by atoms with Crippen LogP contribution in [0.15, 0.2) is 24.3 Å². The summed E-state index contributed by atoms with van der Waals surface area (Å²) in [6.45, 7) is 2.07. The maximum Gasteiger partial charge on any atom is 0.341 e. The molecule has 0 spiro atoms. The Hall–Kier alpha value is -1.71. The highest BCUT2D eigenvalue weighted by Gasteiger charge is 2.14. The summed E-state index contributed by atoms with van der Waals surface area (Å²) in [5.41, 5.74) is 12.2. The van der Waals surface area contributed by atoms with Crippen LogP contribution in [0.25, 0.3) is 0 Å². The second-order valence-corrected chi connectivity index (χ2v) is 3.30. The largest absolute Gasteiger partial charge is 0.490 e. The van der Waals surface area contributed by atoms with E-state index in [1.165, 1.54) is 0 Å². The second kappa shape index (κ2) is 3.57. The molecule has 1 aromatic carbocycles. The van der Waals surface area contributed by atoms with E-state index in [0.717, 1.165) is 24.4 Å². The molecule has 74 valence electrons. The molecule has 0 atom stereocenters. The number of guanidine groups is 1. The normalized spacial score (nSPS) is 15.3. The zero-order valence-electron chi connectivity index (χ0n) is 7.94. The smallest absolute Gasteiger partial charge is 0.341 e. The number of hydrogen-bond acceptors (Lipinski definition) is 1. The Morgan fingerprint density at radius 1 is 1.29 bits per heavy atom. The predicted molar refractivity (Wildman–Crippen MR) is 54.2 cm³/mol. The van der Waals surface area contributed by atoms with E-state index in [0.29, 0.717) is 12.6 Å². The minimum atomic E-state index is 0.352. The first-order chi connectivity index (χ1) is 6.77. The Labute approximate surface area is 82.8 Å². The van der Waals surface area contributed by atoms with Gasteiger partial charge in [0.1, 0.15) is 18.9 Å². The van der Waals surface area contributed by atoms with Gasteiger partial charge in [0.05, 0.1) is 6.54 Å². The third-order valence-electron chi connectivity index (χ3n) is 2.32. The van der Waals surface area contributed by atoms with Crippen molar-refractivity contribution in [2.45, 2.75) is 6.54 Å². The first-order valence-electron chi connectivity index (χ1n) is 4.61. The van der Waals surface area contributed by atoms with Gasteiger partial charge in [-0.25, -0.2) is 0 Å². The van der Waals surface area contributed by atoms with Gasteiger partial charge in [0.25, 0.3) is 0 Å². The summed E-state index contributed by atoms with van der Waals surface area (Å²) in [5.74, 6) is 1.28. The molecule has 0 amide bonds. The van der Waals surface area contributed by atoms with Gasteiger partial charge in [0, 0.05) is 5.56 Å². The molecule has 1 aliphatic rings. The maximum absolute atomic E-state index is 5.56. The first-order valence-corrected chi connectivity index (χ1v) is 4.61. The highest BCUT2D eigenvalue weighted by molar-refractivity contribution is 5.70. The summed E-state index contributed by atoms with van der Waals surface area (Å²) < 4.78 is 7.47. The van der Waals surface area contributed by atoms with Crippen LogP contribution in [0.2, 0.25) is 0 Å². The van der Waals surface area contributed by atoms with Gasteiger partial charge in [0.15, 0.2) is 0 Å². The lowest BCUT2D eigenvalue weighted by Crippen LogP contribution is -2.36. The fourth-order valence-electron chi connectivity index (χ4n) is 1.55. The highest BCUT2D eigenvalue weighted by atomic mass is 16.5. The van der Waals surface area contributed by atoms with Crippen molar-refractivity contribution in [3.8, 4) is 5.75 Å². The zero-order chi connectivity index (χ0) is 9.97. The number of ether oxygens (including phenoxy) is 1. The van der Waals surface area contributed by atoms with Crippen molar-refractivity contribution in [3.05, 3.63) is 29.8 Å². The van der Waals surface area contributed by atoms with E-state index in [1.54, 1.807) is 0 Å². The molecule has 0 bridgehead atoms. The lowest BCUT2D eigenvalue weighted by molar-refractivity contribution is -0.544. The van der Waals surface area contributed by atoms with Crippen molar-refractivity contribution in [3.63, 3.8) is 0 Å². The van der Waals surface area contributed by atoms with Crippen LogP contribution in [-0.4, -0.2) is 23.7 Å². The van der Waals surface area contributed by atoms with Crippen LogP contribution in [0, 0.1) is 0 Å². The molecule has 0 fully saturated rings. The molecule has 0 saturated carbocycles. The van der Waals surface area contributed by atoms with Crippen molar-refractivity contribution in [2.75, 3.05) is 13.2 Å². The standard InChI is InChI=1S/C10H13N3O/c11-10(12)13-5-6-14-9-4-2-1-3-8(9)7-13/h1-4H,5-7H2,(H3,11,12)/p+1. The molecule has 1 aromatic rings. The van der Waals surface area contributed by atoms with Crippen LogP contribution in [0.5, 0.6) is 5.75 Å². The molecule has 4 N–H and O–H groups in total. The van der Waals surface area contributed by atoms with Gasteiger partial charge < -0.3 is 4.74 Å². The number of benzene rings is 1. The van der Waals surface area contributed by atoms with Gasteiger partial charge in [-0.05, 0) is 6.07 Å². The first kappa shape index (κ1) is 8.87. The Morgan fingerprint density at radius 2 is 2.07 bits per heavy atom. The fraction of sp³-hybridized carbons (Fsp3) is 0.300. The summed E-state index contributed by atoms with van der Waals surface area (Å²) >= 11 is 0. The van der Waals surface area contributed by atoms with Crippen LogP contribution in [0.4, 0.5) is 0 Å². The van der Waals surface area contributed by atoms with Crippen molar-refractivity contribution in [1.82, 2.24) is 0 Å². The van der Waals surface area contributed by atoms with Crippen molar-refractivity contribution < 1.29 is 9.31 Å². The van der Waals surface area contributed by atoms with Gasteiger partial charge in [-0.2, -0.15) is 0 Å². The number of para-hydroxylation sites is 1. The Balaban J connectivity index is 2.36. The molecule has 2 rings (SSSR count).